The van der Waals surface area contributed by atoms with Crippen LogP contribution >= 0.6 is 15.9 Å². The normalized spacial score (nSPS) is 23.9. The molecule has 164 valence electrons. The molecular weight excluding hydrogens is 457 g/mol. The summed E-state index contributed by atoms with van der Waals surface area (Å²) in [6.45, 7) is 5.30. The zero-order valence-electron chi connectivity index (χ0n) is 17.3. The maximum Gasteiger partial charge on any atom is 0.411 e. The van der Waals surface area contributed by atoms with Gasteiger partial charge in [0.25, 0.3) is 0 Å². The van der Waals surface area contributed by atoms with Crippen molar-refractivity contribution in [3.8, 4) is 0 Å². The molecule has 1 aliphatic heterocycles. The standard InChI is InChI=1S/C21H27BrFN3O4/c1-21(2,3)30-20(29)26-14-6-4-11(9-14)17(26)19(28)25-16(18(24)27)10-12-8-13(22)5-7-15(12)23/h5,7-8,11,14,16-17H,4,6,9-10H2,1-3H3,(H2,24,27)(H,25,28)/t11-,14+,16-,17-/m0/s1. The third-order valence-corrected chi connectivity index (χ3v) is 6.04. The molecule has 1 saturated heterocycles. The van der Waals surface area contributed by atoms with Gasteiger partial charge in [-0.1, -0.05) is 15.9 Å². The van der Waals surface area contributed by atoms with E-state index in [1.807, 2.05) is 0 Å². The predicted octanol–water partition coefficient (Wildman–Crippen LogP) is 2.89. The summed E-state index contributed by atoms with van der Waals surface area (Å²) in [5.74, 6) is -1.73. The second kappa shape index (κ2) is 8.53. The highest BCUT2D eigenvalue weighted by atomic mass is 79.9. The summed E-state index contributed by atoms with van der Waals surface area (Å²) >= 11 is 3.27. The van der Waals surface area contributed by atoms with Crippen molar-refractivity contribution in [3.05, 3.63) is 34.1 Å². The summed E-state index contributed by atoms with van der Waals surface area (Å²) in [6.07, 6.45) is 1.74. The van der Waals surface area contributed by atoms with Crippen molar-refractivity contribution in [2.24, 2.45) is 11.7 Å². The number of nitrogens with one attached hydrogen (secondary N) is 1. The van der Waals surface area contributed by atoms with Crippen LogP contribution in [0.2, 0.25) is 0 Å². The molecule has 3 amide bonds. The van der Waals surface area contributed by atoms with Gasteiger partial charge in [0.1, 0.15) is 23.5 Å². The fourth-order valence-electron chi connectivity index (χ4n) is 4.30. The van der Waals surface area contributed by atoms with Gasteiger partial charge in [-0.15, -0.1) is 0 Å². The molecule has 3 N–H and O–H groups in total. The quantitative estimate of drug-likeness (QED) is 0.671. The molecule has 0 radical (unpaired) electrons. The first-order chi connectivity index (χ1) is 14.0. The number of ether oxygens (including phenoxy) is 1. The van der Waals surface area contributed by atoms with Crippen molar-refractivity contribution in [1.82, 2.24) is 10.2 Å². The van der Waals surface area contributed by atoms with Crippen LogP contribution < -0.4 is 11.1 Å². The van der Waals surface area contributed by atoms with Gasteiger partial charge >= 0.3 is 6.09 Å². The van der Waals surface area contributed by atoms with Crippen LogP contribution in [0.15, 0.2) is 22.7 Å². The topological polar surface area (TPSA) is 102 Å². The number of nitrogens with zero attached hydrogens (tertiary/aromatic N) is 1. The first-order valence-electron chi connectivity index (χ1n) is 10.0. The van der Waals surface area contributed by atoms with E-state index in [0.29, 0.717) is 4.47 Å². The van der Waals surface area contributed by atoms with Crippen LogP contribution in [0.3, 0.4) is 0 Å². The predicted molar refractivity (Wildman–Crippen MR) is 112 cm³/mol. The van der Waals surface area contributed by atoms with Crippen molar-refractivity contribution in [1.29, 1.82) is 0 Å². The summed E-state index contributed by atoms with van der Waals surface area (Å²) in [5.41, 5.74) is 5.05. The lowest BCUT2D eigenvalue weighted by molar-refractivity contribution is -0.132. The highest BCUT2D eigenvalue weighted by Crippen LogP contribution is 2.43. The molecule has 1 aromatic rings. The molecule has 7 nitrogen and oxygen atoms in total. The van der Waals surface area contributed by atoms with Gasteiger partial charge in [-0.05, 0) is 69.7 Å². The van der Waals surface area contributed by atoms with Crippen LogP contribution in [0, 0.1) is 11.7 Å². The van der Waals surface area contributed by atoms with Crippen LogP contribution in [0.4, 0.5) is 9.18 Å². The minimum Gasteiger partial charge on any atom is -0.444 e. The number of nitrogens with two attached hydrogens (primary N) is 1. The number of benzene rings is 1. The Hall–Kier alpha value is -2.16. The van der Waals surface area contributed by atoms with Gasteiger partial charge in [0.2, 0.25) is 11.8 Å². The van der Waals surface area contributed by atoms with E-state index in [4.69, 9.17) is 10.5 Å². The Balaban J connectivity index is 1.76. The van der Waals surface area contributed by atoms with E-state index in [-0.39, 0.29) is 23.9 Å². The van der Waals surface area contributed by atoms with Crippen LogP contribution in [0.25, 0.3) is 0 Å². The van der Waals surface area contributed by atoms with Crippen molar-refractivity contribution >= 4 is 33.8 Å². The number of fused-ring (bicyclic) bond motifs is 2. The van der Waals surface area contributed by atoms with Gasteiger partial charge in [-0.3, -0.25) is 14.5 Å². The molecule has 1 heterocycles. The molecule has 2 fully saturated rings. The summed E-state index contributed by atoms with van der Waals surface area (Å²) in [4.78, 5) is 39.3. The molecular formula is C21H27BrFN3O4. The minimum atomic E-state index is -1.10. The molecule has 1 aliphatic carbocycles. The molecule has 1 saturated carbocycles. The fraction of sp³-hybridized carbons (Fsp3) is 0.571. The number of amides is 3. The summed E-state index contributed by atoms with van der Waals surface area (Å²) in [6, 6.07) is 2.48. The molecule has 9 heteroatoms. The zero-order valence-corrected chi connectivity index (χ0v) is 18.9. The number of rotatable bonds is 5. The van der Waals surface area contributed by atoms with Crippen LogP contribution in [0.5, 0.6) is 0 Å². The average Bonchev–Trinajstić information content (AvgIpc) is 3.23. The maximum absolute atomic E-state index is 14.1. The Morgan fingerprint density at radius 2 is 2.03 bits per heavy atom. The van der Waals surface area contributed by atoms with Crippen molar-refractivity contribution in [2.75, 3.05) is 0 Å². The number of halogens is 2. The van der Waals surface area contributed by atoms with E-state index in [1.54, 1.807) is 32.9 Å². The van der Waals surface area contributed by atoms with Crippen molar-refractivity contribution in [2.45, 2.75) is 70.2 Å². The lowest BCUT2D eigenvalue weighted by Gasteiger charge is -2.36. The lowest BCUT2D eigenvalue weighted by Crippen LogP contribution is -2.57. The van der Waals surface area contributed by atoms with E-state index in [9.17, 15) is 18.8 Å². The van der Waals surface area contributed by atoms with E-state index in [0.717, 1.165) is 19.3 Å². The van der Waals surface area contributed by atoms with Crippen molar-refractivity contribution < 1.29 is 23.5 Å². The molecule has 1 aromatic carbocycles. The smallest absolute Gasteiger partial charge is 0.411 e. The molecule has 0 aromatic heterocycles. The van der Waals surface area contributed by atoms with Gasteiger partial charge < -0.3 is 15.8 Å². The van der Waals surface area contributed by atoms with Gasteiger partial charge in [-0.2, -0.15) is 0 Å². The molecule has 2 aliphatic rings. The Bertz CT molecular complexity index is 857. The Morgan fingerprint density at radius 3 is 2.67 bits per heavy atom. The van der Waals surface area contributed by atoms with Crippen LogP contribution in [0.1, 0.15) is 45.6 Å². The second-order valence-electron chi connectivity index (χ2n) is 8.96. The highest BCUT2D eigenvalue weighted by molar-refractivity contribution is 9.10. The second-order valence-corrected chi connectivity index (χ2v) is 9.88. The summed E-state index contributed by atoms with van der Waals surface area (Å²) < 4.78 is 20.3. The van der Waals surface area contributed by atoms with Crippen molar-refractivity contribution in [3.63, 3.8) is 0 Å². The Morgan fingerprint density at radius 1 is 1.33 bits per heavy atom. The summed E-state index contributed by atoms with van der Waals surface area (Å²) in [5, 5.41) is 2.64. The summed E-state index contributed by atoms with van der Waals surface area (Å²) in [7, 11) is 0. The van der Waals surface area contributed by atoms with E-state index in [1.165, 1.54) is 11.0 Å². The van der Waals surface area contributed by atoms with Gasteiger partial charge in [0, 0.05) is 16.9 Å². The van der Waals surface area contributed by atoms with Crippen LogP contribution in [-0.2, 0) is 20.7 Å². The van der Waals surface area contributed by atoms with Gasteiger partial charge in [0.15, 0.2) is 0 Å². The maximum atomic E-state index is 14.1. The SMILES string of the molecule is CC(C)(C)OC(=O)N1[C@@H]2CC[C@@H](C2)[C@H]1C(=O)N[C@@H](Cc1cc(Br)ccc1F)C(N)=O. The average molecular weight is 484 g/mol. The molecule has 3 rings (SSSR count). The number of carbonyl (C=O) groups is 3. The number of likely N-dealkylation sites (tertiary alicyclic amines) is 1. The molecule has 0 unspecified atom stereocenters. The Kier molecular flexibility index (Phi) is 6.40. The monoisotopic (exact) mass is 483 g/mol. The number of hydrogen-bond donors (Lipinski definition) is 2. The first kappa shape index (κ1) is 22.5. The zero-order chi connectivity index (χ0) is 22.2. The van der Waals surface area contributed by atoms with Gasteiger partial charge in [-0.25, -0.2) is 9.18 Å². The first-order valence-corrected chi connectivity index (χ1v) is 10.8. The minimum absolute atomic E-state index is 0.00125. The number of piperidine rings is 1. The molecule has 2 bridgehead atoms. The van der Waals surface area contributed by atoms with E-state index in [2.05, 4.69) is 21.2 Å². The number of primary amides is 1. The number of hydrogen-bond acceptors (Lipinski definition) is 4. The van der Waals surface area contributed by atoms with Crippen LogP contribution in [-0.4, -0.2) is 46.5 Å². The highest BCUT2D eigenvalue weighted by Gasteiger charge is 2.52. The van der Waals surface area contributed by atoms with E-state index < -0.39 is 41.4 Å². The van der Waals surface area contributed by atoms with Gasteiger partial charge in [0.05, 0.1) is 0 Å². The fourth-order valence-corrected chi connectivity index (χ4v) is 4.71. The molecule has 0 spiro atoms. The lowest BCUT2D eigenvalue weighted by atomic mass is 9.97. The Labute approximate surface area is 183 Å². The largest absolute Gasteiger partial charge is 0.444 e. The molecule has 4 atom stereocenters. The van der Waals surface area contributed by atoms with E-state index >= 15 is 0 Å². The number of carbonyl (C=O) groups excluding carboxylic acids is 3. The molecule has 30 heavy (non-hydrogen) atoms. The third kappa shape index (κ3) is 4.94. The third-order valence-electron chi connectivity index (χ3n) is 5.55.